The molecule has 0 aliphatic heterocycles. The highest BCUT2D eigenvalue weighted by Crippen LogP contribution is 2.32. The van der Waals surface area contributed by atoms with Crippen LogP contribution in [0.25, 0.3) is 0 Å². The van der Waals surface area contributed by atoms with Gasteiger partial charge < -0.3 is 9.84 Å². The number of ether oxygens (including phenoxy) is 1. The zero-order chi connectivity index (χ0) is 15.6. The molecule has 0 heterocycles. The van der Waals surface area contributed by atoms with Gasteiger partial charge in [-0.05, 0) is 51.2 Å². The molecule has 2 aromatic carbocycles. The molecule has 1 N–H and O–H groups in total. The summed E-state index contributed by atoms with van der Waals surface area (Å²) in [6.07, 6.45) is 0. The predicted octanol–water partition coefficient (Wildman–Crippen LogP) is 5.24. The first-order chi connectivity index (χ1) is 9.79. The summed E-state index contributed by atoms with van der Waals surface area (Å²) in [5.41, 5.74) is 1.26. The summed E-state index contributed by atoms with van der Waals surface area (Å²) in [6, 6.07) is 12.8. The first-order valence-corrected chi connectivity index (χ1v) is 7.38. The lowest BCUT2D eigenvalue weighted by molar-refractivity contribution is 0.0693. The van der Waals surface area contributed by atoms with Crippen molar-refractivity contribution in [2.75, 3.05) is 0 Å². The number of carboxylic acid groups (broad SMARTS) is 1. The van der Waals surface area contributed by atoms with Gasteiger partial charge in [0.05, 0.1) is 0 Å². The van der Waals surface area contributed by atoms with Crippen LogP contribution in [0.15, 0.2) is 46.9 Å². The van der Waals surface area contributed by atoms with Crippen LogP contribution in [0.4, 0.5) is 0 Å². The molecule has 3 nitrogen and oxygen atoms in total. The molecule has 21 heavy (non-hydrogen) atoms. The van der Waals surface area contributed by atoms with E-state index in [9.17, 15) is 9.90 Å². The van der Waals surface area contributed by atoms with Gasteiger partial charge in [-0.2, -0.15) is 0 Å². The fourth-order valence-corrected chi connectivity index (χ4v) is 2.47. The lowest BCUT2D eigenvalue weighted by Gasteiger charge is -2.20. The zero-order valence-corrected chi connectivity index (χ0v) is 13.8. The van der Waals surface area contributed by atoms with Gasteiger partial charge in [0.1, 0.15) is 17.1 Å². The third-order valence-electron chi connectivity index (χ3n) is 3.12. The van der Waals surface area contributed by atoms with Gasteiger partial charge in [0.25, 0.3) is 0 Å². The van der Waals surface area contributed by atoms with E-state index in [0.29, 0.717) is 16.0 Å². The first-order valence-electron chi connectivity index (χ1n) is 6.59. The van der Waals surface area contributed by atoms with Gasteiger partial charge in [0.2, 0.25) is 0 Å². The Hall–Kier alpha value is -1.81. The van der Waals surface area contributed by atoms with E-state index in [1.807, 2.05) is 24.3 Å². The fraction of sp³-hybridized carbons (Fsp3) is 0.235. The monoisotopic (exact) mass is 348 g/mol. The van der Waals surface area contributed by atoms with Crippen LogP contribution in [-0.4, -0.2) is 11.1 Å². The quantitative estimate of drug-likeness (QED) is 0.825. The second-order valence-corrected chi connectivity index (χ2v) is 6.65. The molecule has 0 radical (unpaired) electrons. The lowest BCUT2D eigenvalue weighted by Crippen LogP contribution is -2.10. The molecular weight excluding hydrogens is 332 g/mol. The summed E-state index contributed by atoms with van der Waals surface area (Å²) < 4.78 is 6.28. The van der Waals surface area contributed by atoms with Gasteiger partial charge in [-0.15, -0.1) is 0 Å². The Morgan fingerprint density at radius 1 is 1.14 bits per heavy atom. The SMILES string of the molecule is CC(C)(C)c1cccc(Oc2cccc(Br)c2C(=O)O)c1. The smallest absolute Gasteiger partial charge is 0.340 e. The summed E-state index contributed by atoms with van der Waals surface area (Å²) in [7, 11) is 0. The van der Waals surface area contributed by atoms with E-state index in [1.54, 1.807) is 18.2 Å². The molecule has 0 atom stereocenters. The molecule has 0 fully saturated rings. The summed E-state index contributed by atoms with van der Waals surface area (Å²) in [6.45, 7) is 6.36. The van der Waals surface area contributed by atoms with Crippen LogP contribution in [0.2, 0.25) is 0 Å². The minimum Gasteiger partial charge on any atom is -0.478 e. The maximum absolute atomic E-state index is 11.3. The van der Waals surface area contributed by atoms with Crippen LogP contribution in [0.1, 0.15) is 36.7 Å². The Morgan fingerprint density at radius 3 is 2.43 bits per heavy atom. The van der Waals surface area contributed by atoms with Crippen LogP contribution in [0.5, 0.6) is 11.5 Å². The average Bonchev–Trinajstić information content (AvgIpc) is 2.37. The number of aromatic carboxylic acids is 1. The number of carboxylic acids is 1. The van der Waals surface area contributed by atoms with Crippen molar-refractivity contribution in [1.82, 2.24) is 0 Å². The van der Waals surface area contributed by atoms with E-state index < -0.39 is 5.97 Å². The minimum atomic E-state index is -1.02. The Morgan fingerprint density at radius 2 is 1.81 bits per heavy atom. The first kappa shape index (κ1) is 15.6. The summed E-state index contributed by atoms with van der Waals surface area (Å²) >= 11 is 3.25. The Kier molecular flexibility index (Phi) is 4.37. The van der Waals surface area contributed by atoms with Gasteiger partial charge in [-0.1, -0.05) is 39.0 Å². The average molecular weight is 349 g/mol. The fourth-order valence-electron chi connectivity index (χ4n) is 1.95. The largest absolute Gasteiger partial charge is 0.478 e. The highest BCUT2D eigenvalue weighted by Gasteiger charge is 2.17. The molecule has 2 aromatic rings. The van der Waals surface area contributed by atoms with Crippen LogP contribution in [0, 0.1) is 0 Å². The number of rotatable bonds is 3. The van der Waals surface area contributed by atoms with Crippen molar-refractivity contribution in [3.63, 3.8) is 0 Å². The zero-order valence-electron chi connectivity index (χ0n) is 12.2. The molecule has 2 rings (SSSR count). The van der Waals surface area contributed by atoms with E-state index in [1.165, 1.54) is 0 Å². The van der Waals surface area contributed by atoms with E-state index in [2.05, 4.69) is 36.7 Å². The molecule has 0 aliphatic carbocycles. The van der Waals surface area contributed by atoms with Crippen LogP contribution < -0.4 is 4.74 Å². The van der Waals surface area contributed by atoms with E-state index in [-0.39, 0.29) is 11.0 Å². The third kappa shape index (κ3) is 3.64. The number of halogens is 1. The molecule has 0 aromatic heterocycles. The Bertz CT molecular complexity index is 672. The number of hydrogen-bond donors (Lipinski definition) is 1. The molecular formula is C17H17BrO3. The minimum absolute atomic E-state index is 0.00622. The van der Waals surface area contributed by atoms with Gasteiger partial charge in [0.15, 0.2) is 0 Å². The lowest BCUT2D eigenvalue weighted by atomic mass is 9.87. The summed E-state index contributed by atoms with van der Waals surface area (Å²) in [5, 5.41) is 9.30. The van der Waals surface area contributed by atoms with E-state index >= 15 is 0 Å². The standard InChI is InChI=1S/C17H17BrO3/c1-17(2,3)11-6-4-7-12(10-11)21-14-9-5-8-13(18)15(14)16(19)20/h4-10H,1-3H3,(H,19,20). The molecule has 0 aliphatic rings. The molecule has 0 saturated carbocycles. The van der Waals surface area contributed by atoms with Crippen molar-refractivity contribution in [3.8, 4) is 11.5 Å². The number of hydrogen-bond acceptors (Lipinski definition) is 2. The summed E-state index contributed by atoms with van der Waals surface area (Å²) in [4.78, 5) is 11.3. The van der Waals surface area contributed by atoms with Crippen LogP contribution >= 0.6 is 15.9 Å². The van der Waals surface area contributed by atoms with Crippen molar-refractivity contribution in [2.45, 2.75) is 26.2 Å². The second-order valence-electron chi connectivity index (χ2n) is 5.80. The molecule has 0 bridgehead atoms. The normalized spacial score (nSPS) is 11.2. The van der Waals surface area contributed by atoms with Gasteiger partial charge in [-0.3, -0.25) is 0 Å². The Balaban J connectivity index is 2.40. The van der Waals surface area contributed by atoms with Crippen molar-refractivity contribution in [2.24, 2.45) is 0 Å². The van der Waals surface area contributed by atoms with Crippen molar-refractivity contribution in [1.29, 1.82) is 0 Å². The molecule has 4 heteroatoms. The van der Waals surface area contributed by atoms with E-state index in [0.717, 1.165) is 5.56 Å². The van der Waals surface area contributed by atoms with Crippen LogP contribution in [0.3, 0.4) is 0 Å². The highest BCUT2D eigenvalue weighted by atomic mass is 79.9. The van der Waals surface area contributed by atoms with Crippen molar-refractivity contribution in [3.05, 3.63) is 58.1 Å². The predicted molar refractivity (Wildman–Crippen MR) is 86.3 cm³/mol. The maximum atomic E-state index is 11.3. The maximum Gasteiger partial charge on any atom is 0.340 e. The molecule has 0 amide bonds. The molecule has 0 saturated heterocycles. The van der Waals surface area contributed by atoms with Gasteiger partial charge in [-0.25, -0.2) is 4.79 Å². The highest BCUT2D eigenvalue weighted by molar-refractivity contribution is 9.10. The molecule has 0 unspecified atom stereocenters. The number of carbonyl (C=O) groups is 1. The van der Waals surface area contributed by atoms with Gasteiger partial charge >= 0.3 is 5.97 Å². The van der Waals surface area contributed by atoms with Crippen LogP contribution in [-0.2, 0) is 5.41 Å². The van der Waals surface area contributed by atoms with E-state index in [4.69, 9.17) is 4.74 Å². The summed E-state index contributed by atoms with van der Waals surface area (Å²) in [5.74, 6) is -0.0737. The van der Waals surface area contributed by atoms with Crippen molar-refractivity contribution < 1.29 is 14.6 Å². The third-order valence-corrected chi connectivity index (χ3v) is 3.78. The Labute approximate surface area is 132 Å². The topological polar surface area (TPSA) is 46.5 Å². The second kappa shape index (κ2) is 5.90. The number of benzene rings is 2. The van der Waals surface area contributed by atoms with Crippen molar-refractivity contribution >= 4 is 21.9 Å². The van der Waals surface area contributed by atoms with Gasteiger partial charge in [0, 0.05) is 4.47 Å². The molecule has 0 spiro atoms. The molecule has 110 valence electrons.